The summed E-state index contributed by atoms with van der Waals surface area (Å²) in [6.45, 7) is 4.81. The van der Waals surface area contributed by atoms with Gasteiger partial charge in [0.15, 0.2) is 0 Å². The molecule has 1 saturated heterocycles. The summed E-state index contributed by atoms with van der Waals surface area (Å²) in [5, 5.41) is 0. The molecule has 1 aliphatic carbocycles. The van der Waals surface area contributed by atoms with Crippen molar-refractivity contribution in [2.24, 2.45) is 5.92 Å². The van der Waals surface area contributed by atoms with Gasteiger partial charge in [-0.05, 0) is 37.1 Å². The second-order valence-corrected chi connectivity index (χ2v) is 5.37. The Labute approximate surface area is 97.8 Å². The van der Waals surface area contributed by atoms with Crippen molar-refractivity contribution in [2.75, 3.05) is 20.1 Å². The molecule has 1 aromatic rings. The molecule has 1 heterocycles. The molecular formula is C15H19N. The number of hydrogen-bond donors (Lipinski definition) is 0. The second-order valence-electron chi connectivity index (χ2n) is 5.37. The first-order chi connectivity index (χ1) is 7.72. The van der Waals surface area contributed by atoms with Crippen molar-refractivity contribution < 1.29 is 0 Å². The van der Waals surface area contributed by atoms with Crippen LogP contribution < -0.4 is 0 Å². The normalized spacial score (nSPS) is 33.2. The van der Waals surface area contributed by atoms with E-state index in [-0.39, 0.29) is 0 Å². The highest BCUT2D eigenvalue weighted by molar-refractivity contribution is 5.65. The van der Waals surface area contributed by atoms with Crippen molar-refractivity contribution in [3.05, 3.63) is 41.5 Å². The maximum atomic E-state index is 2.45. The molecule has 0 N–H and O–H groups in total. The predicted octanol–water partition coefficient (Wildman–Crippen LogP) is 2.92. The first-order valence-electron chi connectivity index (χ1n) is 6.20. The van der Waals surface area contributed by atoms with Gasteiger partial charge >= 0.3 is 0 Å². The van der Waals surface area contributed by atoms with E-state index in [0.29, 0.717) is 11.3 Å². The summed E-state index contributed by atoms with van der Waals surface area (Å²) < 4.78 is 0. The van der Waals surface area contributed by atoms with E-state index in [2.05, 4.69) is 55.3 Å². The monoisotopic (exact) mass is 213 g/mol. The van der Waals surface area contributed by atoms with Crippen molar-refractivity contribution in [3.63, 3.8) is 0 Å². The van der Waals surface area contributed by atoms with E-state index in [9.17, 15) is 0 Å². The fourth-order valence-electron chi connectivity index (χ4n) is 3.39. The summed E-state index contributed by atoms with van der Waals surface area (Å²) in [5.74, 6) is 0.714. The minimum Gasteiger partial charge on any atom is -0.306 e. The first-order valence-corrected chi connectivity index (χ1v) is 6.20. The highest BCUT2D eigenvalue weighted by Gasteiger charge is 2.42. The standard InChI is InChI=1S/C15H19N/c1-12-11-16(2)10-9-15(12)8-7-13-5-3-4-6-14(13)15/h3-8,12H,9-11H2,1-2H3/t12?,15-/m0/s1. The van der Waals surface area contributed by atoms with E-state index < -0.39 is 0 Å². The Bertz CT molecular complexity index is 435. The van der Waals surface area contributed by atoms with Crippen LogP contribution in [0.25, 0.3) is 6.08 Å². The molecule has 2 aliphatic rings. The average molecular weight is 213 g/mol. The number of fused-ring (bicyclic) bond motifs is 2. The number of allylic oxidation sites excluding steroid dienone is 1. The minimum atomic E-state index is 0.323. The molecule has 0 saturated carbocycles. The lowest BCUT2D eigenvalue weighted by molar-refractivity contribution is 0.155. The van der Waals surface area contributed by atoms with Gasteiger partial charge in [-0.15, -0.1) is 0 Å². The third-order valence-electron chi connectivity index (χ3n) is 4.39. The zero-order valence-corrected chi connectivity index (χ0v) is 10.1. The molecule has 0 amide bonds. The Morgan fingerprint density at radius 3 is 2.94 bits per heavy atom. The summed E-state index contributed by atoms with van der Waals surface area (Å²) in [6.07, 6.45) is 6.03. The first kappa shape index (κ1) is 10.1. The lowest BCUT2D eigenvalue weighted by Gasteiger charge is -2.43. The Balaban J connectivity index is 2.05. The van der Waals surface area contributed by atoms with Crippen LogP contribution in [0.5, 0.6) is 0 Å². The summed E-state index contributed by atoms with van der Waals surface area (Å²) in [5.41, 5.74) is 3.30. The van der Waals surface area contributed by atoms with Crippen LogP contribution in [-0.4, -0.2) is 25.0 Å². The molecule has 1 fully saturated rings. The number of likely N-dealkylation sites (tertiary alicyclic amines) is 1. The van der Waals surface area contributed by atoms with Gasteiger partial charge in [-0.25, -0.2) is 0 Å². The molecule has 3 rings (SSSR count). The topological polar surface area (TPSA) is 3.24 Å². The van der Waals surface area contributed by atoms with Crippen molar-refractivity contribution in [1.29, 1.82) is 0 Å². The summed E-state index contributed by atoms with van der Waals surface area (Å²) >= 11 is 0. The number of nitrogens with zero attached hydrogens (tertiary/aromatic N) is 1. The fraction of sp³-hybridized carbons (Fsp3) is 0.467. The number of piperidine rings is 1. The van der Waals surface area contributed by atoms with Crippen molar-refractivity contribution in [1.82, 2.24) is 4.90 Å². The van der Waals surface area contributed by atoms with Crippen LogP contribution in [0.15, 0.2) is 30.3 Å². The maximum absolute atomic E-state index is 2.45. The molecule has 1 nitrogen and oxygen atoms in total. The molecule has 1 unspecified atom stereocenters. The molecule has 0 aromatic heterocycles. The summed E-state index contributed by atoms with van der Waals surface area (Å²) in [4.78, 5) is 2.45. The molecule has 2 atom stereocenters. The highest BCUT2D eigenvalue weighted by Crippen LogP contribution is 2.46. The fourth-order valence-corrected chi connectivity index (χ4v) is 3.39. The van der Waals surface area contributed by atoms with Gasteiger partial charge in [0.1, 0.15) is 0 Å². The van der Waals surface area contributed by atoms with Crippen molar-refractivity contribution >= 4 is 6.08 Å². The summed E-state index contributed by atoms with van der Waals surface area (Å²) in [6, 6.07) is 8.88. The van der Waals surface area contributed by atoms with Crippen LogP contribution >= 0.6 is 0 Å². The summed E-state index contributed by atoms with van der Waals surface area (Å²) in [7, 11) is 2.23. The van der Waals surface area contributed by atoms with Gasteiger partial charge in [-0.2, -0.15) is 0 Å². The molecule has 1 aliphatic heterocycles. The van der Waals surface area contributed by atoms with Gasteiger partial charge in [0.05, 0.1) is 0 Å². The van der Waals surface area contributed by atoms with Crippen LogP contribution in [0.1, 0.15) is 24.5 Å². The third-order valence-corrected chi connectivity index (χ3v) is 4.39. The number of rotatable bonds is 0. The van der Waals surface area contributed by atoms with Crippen LogP contribution in [-0.2, 0) is 5.41 Å². The Morgan fingerprint density at radius 2 is 2.12 bits per heavy atom. The van der Waals surface area contributed by atoms with Gasteiger partial charge < -0.3 is 4.90 Å². The van der Waals surface area contributed by atoms with E-state index in [1.54, 1.807) is 5.56 Å². The molecule has 1 heteroatoms. The van der Waals surface area contributed by atoms with E-state index in [1.165, 1.54) is 25.1 Å². The van der Waals surface area contributed by atoms with E-state index in [1.807, 2.05) is 0 Å². The molecule has 1 aromatic carbocycles. The Morgan fingerprint density at radius 1 is 1.31 bits per heavy atom. The number of benzene rings is 1. The van der Waals surface area contributed by atoms with Crippen LogP contribution in [0.3, 0.4) is 0 Å². The van der Waals surface area contributed by atoms with E-state index >= 15 is 0 Å². The molecule has 16 heavy (non-hydrogen) atoms. The SMILES string of the molecule is CC1CN(C)CC[C@@]12C=Cc1ccccc12. The lowest BCUT2D eigenvalue weighted by Crippen LogP contribution is -2.45. The maximum Gasteiger partial charge on any atom is 0.0191 e. The van der Waals surface area contributed by atoms with Gasteiger partial charge in [-0.1, -0.05) is 43.3 Å². The zero-order chi connectivity index (χ0) is 11.2. The second kappa shape index (κ2) is 3.46. The van der Waals surface area contributed by atoms with Crippen molar-refractivity contribution in [3.8, 4) is 0 Å². The van der Waals surface area contributed by atoms with Gasteiger partial charge in [-0.3, -0.25) is 0 Å². The Hall–Kier alpha value is -1.08. The third kappa shape index (κ3) is 1.28. The molecule has 0 bridgehead atoms. The van der Waals surface area contributed by atoms with Gasteiger partial charge in [0, 0.05) is 12.0 Å². The van der Waals surface area contributed by atoms with E-state index in [0.717, 1.165) is 0 Å². The highest BCUT2D eigenvalue weighted by atomic mass is 15.1. The smallest absolute Gasteiger partial charge is 0.0191 e. The quantitative estimate of drug-likeness (QED) is 0.640. The zero-order valence-electron chi connectivity index (χ0n) is 10.1. The van der Waals surface area contributed by atoms with Crippen LogP contribution in [0.2, 0.25) is 0 Å². The van der Waals surface area contributed by atoms with E-state index in [4.69, 9.17) is 0 Å². The Kier molecular flexibility index (Phi) is 2.18. The van der Waals surface area contributed by atoms with Crippen LogP contribution in [0.4, 0.5) is 0 Å². The van der Waals surface area contributed by atoms with Crippen molar-refractivity contribution in [2.45, 2.75) is 18.8 Å². The number of hydrogen-bond acceptors (Lipinski definition) is 1. The molecule has 0 radical (unpaired) electrons. The van der Waals surface area contributed by atoms with Crippen LogP contribution in [0, 0.1) is 5.92 Å². The molecule has 84 valence electrons. The lowest BCUT2D eigenvalue weighted by atomic mass is 9.68. The minimum absolute atomic E-state index is 0.323. The van der Waals surface area contributed by atoms with Gasteiger partial charge in [0.2, 0.25) is 0 Å². The van der Waals surface area contributed by atoms with Gasteiger partial charge in [0.25, 0.3) is 0 Å². The average Bonchev–Trinajstić information content (AvgIpc) is 2.65. The largest absolute Gasteiger partial charge is 0.306 e. The molecular weight excluding hydrogens is 194 g/mol. The molecule has 1 spiro atoms. The predicted molar refractivity (Wildman–Crippen MR) is 68.4 cm³/mol.